The van der Waals surface area contributed by atoms with Gasteiger partial charge in [0.2, 0.25) is 5.82 Å². The minimum atomic E-state index is -4.69. The van der Waals surface area contributed by atoms with Crippen molar-refractivity contribution in [2.75, 3.05) is 5.43 Å². The van der Waals surface area contributed by atoms with Crippen LogP contribution < -0.4 is 11.3 Å². The van der Waals surface area contributed by atoms with Crippen molar-refractivity contribution < 1.29 is 13.2 Å². The molecule has 2 rings (SSSR count). The SMILES string of the molecule is Cc1nn(-c2cc(NN)nc(C(F)(F)F)n2)cc1Cl. The molecule has 0 bridgehead atoms. The number of nitrogens with one attached hydrogen (secondary N) is 1. The van der Waals surface area contributed by atoms with Crippen LogP contribution in [0.4, 0.5) is 19.0 Å². The second-order valence-corrected chi connectivity index (χ2v) is 3.99. The van der Waals surface area contributed by atoms with Crippen molar-refractivity contribution in [1.82, 2.24) is 19.7 Å². The second-order valence-electron chi connectivity index (χ2n) is 3.58. The summed E-state index contributed by atoms with van der Waals surface area (Å²) >= 11 is 5.79. The van der Waals surface area contributed by atoms with Gasteiger partial charge in [-0.05, 0) is 6.92 Å². The van der Waals surface area contributed by atoms with Crippen molar-refractivity contribution in [2.45, 2.75) is 13.1 Å². The Morgan fingerprint density at radius 1 is 1.37 bits per heavy atom. The molecule has 6 nitrogen and oxygen atoms in total. The van der Waals surface area contributed by atoms with Crippen LogP contribution in [0, 0.1) is 6.92 Å². The Kier molecular flexibility index (Phi) is 3.33. The molecule has 0 unspecified atom stereocenters. The molecule has 0 aromatic carbocycles. The Balaban J connectivity index is 2.57. The molecule has 2 aromatic rings. The highest BCUT2D eigenvalue weighted by Gasteiger charge is 2.35. The smallest absolute Gasteiger partial charge is 0.308 e. The molecule has 0 spiro atoms. The Labute approximate surface area is 110 Å². The van der Waals surface area contributed by atoms with Crippen LogP contribution in [0.25, 0.3) is 5.82 Å². The number of nitrogens with two attached hydrogens (primary N) is 1. The number of alkyl halides is 3. The first-order valence-electron chi connectivity index (χ1n) is 4.96. The van der Waals surface area contributed by atoms with E-state index in [-0.39, 0.29) is 11.6 Å². The molecule has 2 aromatic heterocycles. The van der Waals surface area contributed by atoms with E-state index in [1.54, 1.807) is 6.92 Å². The molecule has 0 saturated carbocycles. The molecular weight excluding hydrogens is 285 g/mol. The van der Waals surface area contributed by atoms with Crippen molar-refractivity contribution in [2.24, 2.45) is 5.84 Å². The van der Waals surface area contributed by atoms with Crippen LogP contribution in [0.5, 0.6) is 0 Å². The molecule has 0 fully saturated rings. The third-order valence-electron chi connectivity index (χ3n) is 2.19. The molecule has 0 amide bonds. The van der Waals surface area contributed by atoms with Crippen LogP contribution in [0.2, 0.25) is 5.02 Å². The highest BCUT2D eigenvalue weighted by Crippen LogP contribution is 2.28. The first-order chi connectivity index (χ1) is 8.81. The van der Waals surface area contributed by atoms with Gasteiger partial charge in [-0.2, -0.15) is 18.3 Å². The number of hydrogen-bond acceptors (Lipinski definition) is 5. The molecule has 102 valence electrons. The zero-order valence-corrected chi connectivity index (χ0v) is 10.3. The number of halogens is 4. The molecule has 0 aliphatic carbocycles. The predicted octanol–water partition coefficient (Wildman–Crippen LogP) is 1.93. The van der Waals surface area contributed by atoms with Crippen LogP contribution in [0.3, 0.4) is 0 Å². The average Bonchev–Trinajstić information content (AvgIpc) is 2.68. The van der Waals surface area contributed by atoms with Crippen molar-refractivity contribution in [3.05, 3.63) is 28.8 Å². The molecule has 0 aliphatic rings. The number of hydrogen-bond donors (Lipinski definition) is 2. The van der Waals surface area contributed by atoms with E-state index in [1.165, 1.54) is 12.3 Å². The molecule has 2 heterocycles. The van der Waals surface area contributed by atoms with Gasteiger partial charge in [0.05, 0.1) is 16.9 Å². The number of rotatable bonds is 2. The summed E-state index contributed by atoms with van der Waals surface area (Å²) in [5.41, 5.74) is 2.51. The maximum Gasteiger partial charge on any atom is 0.451 e. The molecule has 0 radical (unpaired) electrons. The number of hydrazine groups is 1. The van der Waals surface area contributed by atoms with Gasteiger partial charge in [-0.1, -0.05) is 11.6 Å². The van der Waals surface area contributed by atoms with Crippen LogP contribution >= 0.6 is 11.6 Å². The van der Waals surface area contributed by atoms with Crippen molar-refractivity contribution in [1.29, 1.82) is 0 Å². The lowest BCUT2D eigenvalue weighted by molar-refractivity contribution is -0.144. The van der Waals surface area contributed by atoms with Crippen LogP contribution in [-0.2, 0) is 6.18 Å². The largest absolute Gasteiger partial charge is 0.451 e. The van der Waals surface area contributed by atoms with E-state index in [0.29, 0.717) is 10.7 Å². The third-order valence-corrected chi connectivity index (χ3v) is 2.56. The van der Waals surface area contributed by atoms with E-state index < -0.39 is 12.0 Å². The second kappa shape index (κ2) is 4.67. The zero-order chi connectivity index (χ0) is 14.2. The summed E-state index contributed by atoms with van der Waals surface area (Å²) in [5.74, 6) is 3.49. The summed E-state index contributed by atoms with van der Waals surface area (Å²) in [6, 6.07) is 1.22. The highest BCUT2D eigenvalue weighted by atomic mass is 35.5. The summed E-state index contributed by atoms with van der Waals surface area (Å²) in [6.07, 6.45) is -3.34. The summed E-state index contributed by atoms with van der Waals surface area (Å²) in [6.45, 7) is 1.62. The van der Waals surface area contributed by atoms with Crippen LogP contribution in [0.15, 0.2) is 12.3 Å². The lowest BCUT2D eigenvalue weighted by Crippen LogP contribution is -2.17. The first-order valence-corrected chi connectivity index (χ1v) is 5.34. The lowest BCUT2D eigenvalue weighted by Gasteiger charge is -2.09. The maximum absolute atomic E-state index is 12.6. The molecule has 0 saturated heterocycles. The number of nitrogens with zero attached hydrogens (tertiary/aromatic N) is 4. The number of aryl methyl sites for hydroxylation is 1. The quantitative estimate of drug-likeness (QED) is 0.653. The fourth-order valence-corrected chi connectivity index (χ4v) is 1.44. The standard InChI is InChI=1S/C9H8ClF3N6/c1-4-5(10)3-19(18-4)7-2-6(17-14)15-8(16-7)9(11,12)13/h2-3H,14H2,1H3,(H,15,16,17). The van der Waals surface area contributed by atoms with E-state index in [4.69, 9.17) is 17.4 Å². The average molecular weight is 293 g/mol. The molecule has 10 heteroatoms. The summed E-state index contributed by atoms with van der Waals surface area (Å²) < 4.78 is 39.0. The predicted molar refractivity (Wildman–Crippen MR) is 61.7 cm³/mol. The molecule has 19 heavy (non-hydrogen) atoms. The summed E-state index contributed by atoms with van der Waals surface area (Å²) in [5, 5.41) is 4.25. The van der Waals surface area contributed by atoms with Gasteiger partial charge < -0.3 is 5.43 Å². The molecule has 0 atom stereocenters. The van der Waals surface area contributed by atoms with Gasteiger partial charge in [0.25, 0.3) is 0 Å². The van der Waals surface area contributed by atoms with Gasteiger partial charge in [-0.3, -0.25) is 0 Å². The third kappa shape index (κ3) is 2.76. The first kappa shape index (κ1) is 13.6. The van der Waals surface area contributed by atoms with Crippen LogP contribution in [-0.4, -0.2) is 19.7 Å². The van der Waals surface area contributed by atoms with Gasteiger partial charge in [-0.25, -0.2) is 20.5 Å². The minimum Gasteiger partial charge on any atom is -0.308 e. The minimum absolute atomic E-state index is 0.0923. The highest BCUT2D eigenvalue weighted by molar-refractivity contribution is 6.31. The van der Waals surface area contributed by atoms with Gasteiger partial charge in [0, 0.05) is 6.07 Å². The lowest BCUT2D eigenvalue weighted by atomic mass is 10.4. The van der Waals surface area contributed by atoms with E-state index in [0.717, 1.165) is 4.68 Å². The summed E-state index contributed by atoms with van der Waals surface area (Å²) in [7, 11) is 0. The van der Waals surface area contributed by atoms with Gasteiger partial charge in [0.15, 0.2) is 5.82 Å². The topological polar surface area (TPSA) is 81.7 Å². The number of nitrogen functional groups attached to an aromatic ring is 1. The zero-order valence-electron chi connectivity index (χ0n) is 9.53. The molecule has 0 aliphatic heterocycles. The normalized spacial score (nSPS) is 11.7. The molecular formula is C9H8ClF3N6. The Bertz CT molecular complexity index is 589. The fourth-order valence-electron chi connectivity index (χ4n) is 1.31. The van der Waals surface area contributed by atoms with Crippen molar-refractivity contribution in [3.8, 4) is 5.82 Å². The molecule has 3 N–H and O–H groups in total. The van der Waals surface area contributed by atoms with Crippen molar-refractivity contribution in [3.63, 3.8) is 0 Å². The van der Waals surface area contributed by atoms with Gasteiger partial charge in [-0.15, -0.1) is 0 Å². The van der Waals surface area contributed by atoms with E-state index >= 15 is 0 Å². The van der Waals surface area contributed by atoms with Gasteiger partial charge >= 0.3 is 6.18 Å². The van der Waals surface area contributed by atoms with Crippen LogP contribution in [0.1, 0.15) is 11.5 Å². The Morgan fingerprint density at radius 3 is 2.53 bits per heavy atom. The monoisotopic (exact) mass is 292 g/mol. The number of aromatic nitrogens is 4. The Morgan fingerprint density at radius 2 is 2.05 bits per heavy atom. The summed E-state index contributed by atoms with van der Waals surface area (Å²) in [4.78, 5) is 6.62. The van der Waals surface area contributed by atoms with E-state index in [9.17, 15) is 13.2 Å². The van der Waals surface area contributed by atoms with Crippen molar-refractivity contribution >= 4 is 17.4 Å². The van der Waals surface area contributed by atoms with E-state index in [2.05, 4.69) is 15.1 Å². The Hall–Kier alpha value is -1.87. The maximum atomic E-state index is 12.6. The number of anilines is 1. The van der Waals surface area contributed by atoms with E-state index in [1.807, 2.05) is 5.43 Å². The fraction of sp³-hybridized carbons (Fsp3) is 0.222. The van der Waals surface area contributed by atoms with Gasteiger partial charge in [0.1, 0.15) is 5.82 Å².